The molecule has 1 aliphatic carbocycles. The molecular weight excluding hydrogens is 250 g/mol. The van der Waals surface area contributed by atoms with Crippen molar-refractivity contribution < 1.29 is 0 Å². The summed E-state index contributed by atoms with van der Waals surface area (Å²) in [5, 5.41) is 3.63. The van der Waals surface area contributed by atoms with E-state index < -0.39 is 0 Å². The molecule has 4 atom stereocenters. The quantitative estimate of drug-likeness (QED) is 0.893. The predicted molar refractivity (Wildman–Crippen MR) is 81.8 cm³/mol. The molecule has 0 saturated heterocycles. The van der Waals surface area contributed by atoms with Crippen molar-refractivity contribution in [2.45, 2.75) is 66.0 Å². The second-order valence-corrected chi connectivity index (χ2v) is 6.50. The minimum atomic E-state index is -0.00720. The average molecular weight is 277 g/mol. The van der Waals surface area contributed by atoms with Crippen molar-refractivity contribution in [3.63, 3.8) is 0 Å². The van der Waals surface area contributed by atoms with Gasteiger partial charge in [-0.3, -0.25) is 4.79 Å². The van der Waals surface area contributed by atoms with Crippen molar-refractivity contribution in [1.29, 1.82) is 0 Å². The molecule has 112 valence electrons. The minimum Gasteiger partial charge on any atom is -0.310 e. The molecule has 1 heterocycles. The van der Waals surface area contributed by atoms with Gasteiger partial charge in [0.25, 0.3) is 5.56 Å². The van der Waals surface area contributed by atoms with Gasteiger partial charge in [0.15, 0.2) is 0 Å². The Hall–Kier alpha value is -1.16. The van der Waals surface area contributed by atoms with Crippen LogP contribution in [0.3, 0.4) is 0 Å². The first kappa shape index (κ1) is 15.2. The molecule has 1 aliphatic rings. The molecule has 0 aromatic carbocycles. The molecule has 1 aromatic heterocycles. The molecule has 0 radical (unpaired) electrons. The number of H-pyrrole nitrogens is 1. The number of hydrogen-bond acceptors (Lipinski definition) is 3. The van der Waals surface area contributed by atoms with Crippen LogP contribution in [0.25, 0.3) is 0 Å². The highest BCUT2D eigenvalue weighted by Crippen LogP contribution is 2.30. The molecule has 20 heavy (non-hydrogen) atoms. The van der Waals surface area contributed by atoms with E-state index in [2.05, 4.69) is 36.1 Å². The van der Waals surface area contributed by atoms with E-state index in [4.69, 9.17) is 0 Å². The second kappa shape index (κ2) is 6.08. The first-order chi connectivity index (χ1) is 9.38. The van der Waals surface area contributed by atoms with Crippen LogP contribution < -0.4 is 10.9 Å². The predicted octanol–water partition coefficient (Wildman–Crippen LogP) is 2.86. The molecule has 4 nitrogen and oxygen atoms in total. The highest BCUT2D eigenvalue weighted by molar-refractivity contribution is 5.20. The fourth-order valence-electron chi connectivity index (χ4n) is 3.38. The molecule has 0 amide bonds. The first-order valence-electron chi connectivity index (χ1n) is 7.72. The standard InChI is InChI=1S/C16H27N3O/c1-9-6-7-14(8-10(9)2)18-12(4)15-11(3)17-13(5)19-16(15)20/h9-10,12,14,18H,6-8H2,1-5H3,(H,17,19,20). The van der Waals surface area contributed by atoms with Crippen molar-refractivity contribution in [3.8, 4) is 0 Å². The number of aromatic nitrogens is 2. The Morgan fingerprint density at radius 2 is 1.95 bits per heavy atom. The summed E-state index contributed by atoms with van der Waals surface area (Å²) in [4.78, 5) is 19.3. The summed E-state index contributed by atoms with van der Waals surface area (Å²) in [5.74, 6) is 2.25. The van der Waals surface area contributed by atoms with Gasteiger partial charge in [-0.05, 0) is 51.9 Å². The maximum atomic E-state index is 12.1. The Kier molecular flexibility index (Phi) is 4.63. The summed E-state index contributed by atoms with van der Waals surface area (Å²) in [6.07, 6.45) is 3.67. The highest BCUT2D eigenvalue weighted by Gasteiger charge is 2.26. The maximum absolute atomic E-state index is 12.1. The van der Waals surface area contributed by atoms with E-state index in [-0.39, 0.29) is 11.6 Å². The van der Waals surface area contributed by atoms with Gasteiger partial charge in [0.05, 0.1) is 5.56 Å². The van der Waals surface area contributed by atoms with Crippen LogP contribution in [-0.2, 0) is 0 Å². The van der Waals surface area contributed by atoms with Crippen molar-refractivity contribution in [2.24, 2.45) is 11.8 Å². The fourth-order valence-corrected chi connectivity index (χ4v) is 3.38. The van der Waals surface area contributed by atoms with Gasteiger partial charge in [-0.2, -0.15) is 0 Å². The van der Waals surface area contributed by atoms with Gasteiger partial charge < -0.3 is 10.3 Å². The third-order valence-electron chi connectivity index (χ3n) is 4.78. The van der Waals surface area contributed by atoms with Crippen LogP contribution in [0.15, 0.2) is 4.79 Å². The lowest BCUT2D eigenvalue weighted by atomic mass is 9.79. The van der Waals surface area contributed by atoms with Crippen molar-refractivity contribution >= 4 is 0 Å². The number of rotatable bonds is 3. The molecular formula is C16H27N3O. The molecule has 4 heteroatoms. The molecule has 1 fully saturated rings. The third-order valence-corrected chi connectivity index (χ3v) is 4.78. The lowest BCUT2D eigenvalue weighted by molar-refractivity contribution is 0.217. The van der Waals surface area contributed by atoms with Crippen LogP contribution in [0.2, 0.25) is 0 Å². The Morgan fingerprint density at radius 3 is 2.55 bits per heavy atom. The largest absolute Gasteiger partial charge is 0.310 e. The molecule has 1 aromatic rings. The summed E-state index contributed by atoms with van der Waals surface area (Å²) < 4.78 is 0. The summed E-state index contributed by atoms with van der Waals surface area (Å²) in [5.41, 5.74) is 1.61. The zero-order chi connectivity index (χ0) is 14.9. The summed E-state index contributed by atoms with van der Waals surface area (Å²) in [6, 6.07) is 0.564. The van der Waals surface area contributed by atoms with Crippen LogP contribution >= 0.6 is 0 Å². The lowest BCUT2D eigenvalue weighted by Gasteiger charge is -2.34. The normalized spacial score (nSPS) is 28.4. The van der Waals surface area contributed by atoms with Gasteiger partial charge in [0.2, 0.25) is 0 Å². The molecule has 1 saturated carbocycles. The zero-order valence-corrected chi connectivity index (χ0v) is 13.3. The van der Waals surface area contributed by atoms with E-state index in [1.54, 1.807) is 0 Å². The number of hydrogen-bond donors (Lipinski definition) is 2. The molecule has 0 spiro atoms. The van der Waals surface area contributed by atoms with E-state index in [9.17, 15) is 4.79 Å². The number of nitrogens with one attached hydrogen (secondary N) is 2. The van der Waals surface area contributed by atoms with Crippen LogP contribution in [0.5, 0.6) is 0 Å². The lowest BCUT2D eigenvalue weighted by Crippen LogP contribution is -2.39. The Morgan fingerprint density at radius 1 is 1.25 bits per heavy atom. The summed E-state index contributed by atoms with van der Waals surface area (Å²) in [6.45, 7) is 10.5. The number of aromatic amines is 1. The van der Waals surface area contributed by atoms with Crippen molar-refractivity contribution in [3.05, 3.63) is 27.4 Å². The van der Waals surface area contributed by atoms with E-state index in [1.807, 2.05) is 13.8 Å². The van der Waals surface area contributed by atoms with E-state index in [1.165, 1.54) is 19.3 Å². The van der Waals surface area contributed by atoms with Gasteiger partial charge in [-0.15, -0.1) is 0 Å². The number of aryl methyl sites for hydroxylation is 2. The second-order valence-electron chi connectivity index (χ2n) is 6.50. The minimum absolute atomic E-state index is 0.00720. The van der Waals surface area contributed by atoms with Crippen LogP contribution in [0.1, 0.15) is 63.2 Å². The Labute approximate surface area is 121 Å². The van der Waals surface area contributed by atoms with E-state index in [0.717, 1.165) is 23.1 Å². The molecule has 4 unspecified atom stereocenters. The van der Waals surface area contributed by atoms with Crippen LogP contribution in [0, 0.1) is 25.7 Å². The van der Waals surface area contributed by atoms with Gasteiger partial charge in [-0.25, -0.2) is 4.98 Å². The van der Waals surface area contributed by atoms with Crippen molar-refractivity contribution in [1.82, 2.24) is 15.3 Å². The summed E-state index contributed by atoms with van der Waals surface area (Å²) >= 11 is 0. The van der Waals surface area contributed by atoms with Gasteiger partial charge in [0, 0.05) is 17.8 Å². The third kappa shape index (κ3) is 3.29. The van der Waals surface area contributed by atoms with E-state index >= 15 is 0 Å². The van der Waals surface area contributed by atoms with Crippen LogP contribution in [0.4, 0.5) is 0 Å². The van der Waals surface area contributed by atoms with Crippen molar-refractivity contribution in [2.75, 3.05) is 0 Å². The highest BCUT2D eigenvalue weighted by atomic mass is 16.1. The van der Waals surface area contributed by atoms with Gasteiger partial charge in [-0.1, -0.05) is 13.8 Å². The Bertz CT molecular complexity index is 523. The van der Waals surface area contributed by atoms with Gasteiger partial charge >= 0.3 is 0 Å². The number of nitrogens with zero attached hydrogens (tertiary/aromatic N) is 1. The fraction of sp³-hybridized carbons (Fsp3) is 0.750. The van der Waals surface area contributed by atoms with Gasteiger partial charge in [0.1, 0.15) is 5.82 Å². The SMILES string of the molecule is Cc1nc(C)c(C(C)NC2CCC(C)C(C)C2)c(=O)[nH]1. The van der Waals surface area contributed by atoms with E-state index in [0.29, 0.717) is 11.9 Å². The molecule has 2 N–H and O–H groups in total. The first-order valence-corrected chi connectivity index (χ1v) is 7.72. The maximum Gasteiger partial charge on any atom is 0.255 e. The monoisotopic (exact) mass is 277 g/mol. The Balaban J connectivity index is 2.09. The molecule has 0 bridgehead atoms. The molecule has 0 aliphatic heterocycles. The average Bonchev–Trinajstić information content (AvgIpc) is 2.32. The topological polar surface area (TPSA) is 57.8 Å². The zero-order valence-electron chi connectivity index (χ0n) is 13.3. The smallest absolute Gasteiger partial charge is 0.255 e. The summed E-state index contributed by atoms with van der Waals surface area (Å²) in [7, 11) is 0. The van der Waals surface area contributed by atoms with Crippen LogP contribution in [-0.4, -0.2) is 16.0 Å². The molecule has 2 rings (SSSR count).